The fourth-order valence-electron chi connectivity index (χ4n) is 0.734. The molecule has 0 saturated carbocycles. The zero-order valence-corrected chi connectivity index (χ0v) is 7.78. The van der Waals surface area contributed by atoms with Crippen LogP contribution in [0, 0.1) is 0 Å². The molecule has 0 N–H and O–H groups in total. The Balaban J connectivity index is 2.69. The summed E-state index contributed by atoms with van der Waals surface area (Å²) in [6.07, 6.45) is 5.81. The normalized spacial score (nSPS) is 10.3. The minimum absolute atomic E-state index is 0.343. The van der Waals surface area contributed by atoms with Gasteiger partial charge in [-0.15, -0.1) is 0 Å². The van der Waals surface area contributed by atoms with Crippen molar-refractivity contribution in [2.45, 2.75) is 6.92 Å². The minimum atomic E-state index is -0.438. The van der Waals surface area contributed by atoms with E-state index in [0.29, 0.717) is 10.8 Å². The van der Waals surface area contributed by atoms with Crippen LogP contribution in [-0.4, -0.2) is 11.0 Å². The third-order valence-electron chi connectivity index (χ3n) is 1.20. The lowest BCUT2D eigenvalue weighted by Crippen LogP contribution is -2.03. The van der Waals surface area contributed by atoms with E-state index in [0.717, 1.165) is 0 Å². The molecule has 0 fully saturated rings. The zero-order valence-electron chi connectivity index (χ0n) is 7.03. The number of carbonyl (C=O) groups is 1. The molecule has 1 aromatic heterocycles. The number of halogens is 1. The smallest absolute Gasteiger partial charge is 0.335 e. The second kappa shape index (κ2) is 4.62. The molecule has 0 unspecified atom stereocenters. The molecular weight excluding hydrogens is 190 g/mol. The van der Waals surface area contributed by atoms with Gasteiger partial charge in [0.25, 0.3) is 0 Å². The van der Waals surface area contributed by atoms with Gasteiger partial charge in [-0.3, -0.25) is 4.98 Å². The number of hydrogen-bond acceptors (Lipinski definition) is 3. The molecule has 0 spiro atoms. The van der Waals surface area contributed by atoms with Crippen molar-refractivity contribution in [3.05, 3.63) is 35.6 Å². The van der Waals surface area contributed by atoms with Gasteiger partial charge in [-0.25, -0.2) is 4.79 Å². The van der Waals surface area contributed by atoms with Crippen molar-refractivity contribution in [1.29, 1.82) is 0 Å². The highest BCUT2D eigenvalue weighted by molar-refractivity contribution is 6.30. The third kappa shape index (κ3) is 3.25. The summed E-state index contributed by atoms with van der Waals surface area (Å²) in [6, 6.07) is 1.52. The fourth-order valence-corrected chi connectivity index (χ4v) is 0.898. The van der Waals surface area contributed by atoms with Crippen LogP contribution in [0.3, 0.4) is 0 Å². The SMILES string of the molecule is C/C=C/C(=O)Oc1cncc(Cl)c1. The van der Waals surface area contributed by atoms with Gasteiger partial charge < -0.3 is 4.74 Å². The first kappa shape index (κ1) is 9.74. The van der Waals surface area contributed by atoms with Gasteiger partial charge in [-0.1, -0.05) is 17.7 Å². The van der Waals surface area contributed by atoms with E-state index in [1.54, 1.807) is 13.0 Å². The molecule has 68 valence electrons. The van der Waals surface area contributed by atoms with Crippen molar-refractivity contribution in [3.8, 4) is 5.75 Å². The molecule has 0 atom stereocenters. The molecule has 1 heterocycles. The van der Waals surface area contributed by atoms with Crippen molar-refractivity contribution >= 4 is 17.6 Å². The number of pyridine rings is 1. The van der Waals surface area contributed by atoms with Gasteiger partial charge in [-0.2, -0.15) is 0 Å². The van der Waals surface area contributed by atoms with Gasteiger partial charge in [0.2, 0.25) is 0 Å². The second-order valence-electron chi connectivity index (χ2n) is 2.26. The Morgan fingerprint density at radius 3 is 3.00 bits per heavy atom. The molecule has 0 aliphatic carbocycles. The van der Waals surface area contributed by atoms with E-state index in [1.807, 2.05) is 0 Å². The van der Waals surface area contributed by atoms with E-state index in [1.165, 1.54) is 24.5 Å². The maximum absolute atomic E-state index is 10.9. The molecule has 3 nitrogen and oxygen atoms in total. The summed E-state index contributed by atoms with van der Waals surface area (Å²) in [6.45, 7) is 1.73. The molecule has 1 aromatic rings. The van der Waals surface area contributed by atoms with E-state index < -0.39 is 5.97 Å². The predicted octanol–water partition coefficient (Wildman–Crippen LogP) is 2.22. The number of nitrogens with zero attached hydrogens (tertiary/aromatic N) is 1. The lowest BCUT2D eigenvalue weighted by molar-refractivity contribution is -0.129. The molecule has 4 heteroatoms. The maximum Gasteiger partial charge on any atom is 0.335 e. The Kier molecular flexibility index (Phi) is 3.46. The van der Waals surface area contributed by atoms with Crippen LogP contribution >= 0.6 is 11.6 Å². The van der Waals surface area contributed by atoms with Gasteiger partial charge in [0, 0.05) is 18.3 Å². The van der Waals surface area contributed by atoms with Crippen LogP contribution in [0.4, 0.5) is 0 Å². The average Bonchev–Trinajstić information content (AvgIpc) is 2.04. The number of hydrogen-bond donors (Lipinski definition) is 0. The highest BCUT2D eigenvalue weighted by atomic mass is 35.5. The standard InChI is InChI=1S/C9H8ClNO2/c1-2-3-9(12)13-8-4-7(10)5-11-6-8/h2-6H,1H3/b3-2+. The number of aromatic nitrogens is 1. The van der Waals surface area contributed by atoms with Gasteiger partial charge in [0.1, 0.15) is 0 Å². The van der Waals surface area contributed by atoms with Crippen LogP contribution in [0.25, 0.3) is 0 Å². The van der Waals surface area contributed by atoms with Crippen LogP contribution in [0.1, 0.15) is 6.92 Å². The number of rotatable bonds is 2. The summed E-state index contributed by atoms with van der Waals surface area (Å²) in [4.78, 5) is 14.7. The first-order chi connectivity index (χ1) is 6.22. The van der Waals surface area contributed by atoms with E-state index >= 15 is 0 Å². The monoisotopic (exact) mass is 197 g/mol. The Morgan fingerprint density at radius 1 is 1.62 bits per heavy atom. The Labute approximate surface area is 81.0 Å². The second-order valence-corrected chi connectivity index (χ2v) is 2.70. The lowest BCUT2D eigenvalue weighted by atomic mass is 10.4. The number of esters is 1. The van der Waals surface area contributed by atoms with Crippen molar-refractivity contribution < 1.29 is 9.53 Å². The van der Waals surface area contributed by atoms with Crippen LogP contribution in [0.5, 0.6) is 5.75 Å². The van der Waals surface area contributed by atoms with E-state index in [-0.39, 0.29) is 0 Å². The summed E-state index contributed by atoms with van der Waals surface area (Å²) < 4.78 is 4.86. The predicted molar refractivity (Wildman–Crippen MR) is 49.7 cm³/mol. The summed E-state index contributed by atoms with van der Waals surface area (Å²) in [5.74, 6) is -0.0952. The summed E-state index contributed by atoms with van der Waals surface area (Å²) >= 11 is 5.63. The molecule has 0 aliphatic heterocycles. The van der Waals surface area contributed by atoms with Crippen LogP contribution in [0.2, 0.25) is 5.02 Å². The average molecular weight is 198 g/mol. The van der Waals surface area contributed by atoms with Crippen molar-refractivity contribution in [2.75, 3.05) is 0 Å². The molecule has 0 saturated heterocycles. The Bertz CT molecular complexity index is 336. The summed E-state index contributed by atoms with van der Waals surface area (Å²) in [5.41, 5.74) is 0. The lowest BCUT2D eigenvalue weighted by Gasteiger charge is -1.99. The summed E-state index contributed by atoms with van der Waals surface area (Å²) in [7, 11) is 0. The Hall–Kier alpha value is -1.35. The van der Waals surface area contributed by atoms with Gasteiger partial charge >= 0.3 is 5.97 Å². The van der Waals surface area contributed by atoms with Crippen LogP contribution in [0.15, 0.2) is 30.6 Å². The van der Waals surface area contributed by atoms with Gasteiger partial charge in [0.05, 0.1) is 11.2 Å². The van der Waals surface area contributed by atoms with Crippen molar-refractivity contribution in [3.63, 3.8) is 0 Å². The zero-order chi connectivity index (χ0) is 9.68. The fraction of sp³-hybridized carbons (Fsp3) is 0.111. The molecule has 0 aliphatic rings. The van der Waals surface area contributed by atoms with E-state index in [4.69, 9.17) is 16.3 Å². The van der Waals surface area contributed by atoms with Crippen molar-refractivity contribution in [1.82, 2.24) is 4.98 Å². The third-order valence-corrected chi connectivity index (χ3v) is 1.41. The highest BCUT2D eigenvalue weighted by Gasteiger charge is 2.00. The van der Waals surface area contributed by atoms with Crippen LogP contribution in [-0.2, 0) is 4.79 Å². The van der Waals surface area contributed by atoms with Gasteiger partial charge in [0.15, 0.2) is 5.75 Å². The summed E-state index contributed by atoms with van der Waals surface area (Å²) in [5, 5.41) is 0.436. The maximum atomic E-state index is 10.9. The molecule has 0 amide bonds. The molecule has 0 aromatic carbocycles. The molecule has 0 bridgehead atoms. The first-order valence-electron chi connectivity index (χ1n) is 3.67. The Morgan fingerprint density at radius 2 is 2.38 bits per heavy atom. The minimum Gasteiger partial charge on any atom is -0.422 e. The van der Waals surface area contributed by atoms with Crippen LogP contribution < -0.4 is 4.74 Å². The first-order valence-corrected chi connectivity index (χ1v) is 4.05. The highest BCUT2D eigenvalue weighted by Crippen LogP contribution is 2.15. The van der Waals surface area contributed by atoms with Gasteiger partial charge in [-0.05, 0) is 6.92 Å². The van der Waals surface area contributed by atoms with Crippen molar-refractivity contribution in [2.24, 2.45) is 0 Å². The number of allylic oxidation sites excluding steroid dienone is 1. The quantitative estimate of drug-likeness (QED) is 0.539. The van der Waals surface area contributed by atoms with E-state index in [9.17, 15) is 4.79 Å². The topological polar surface area (TPSA) is 39.2 Å². The molecular formula is C9H8ClNO2. The number of carbonyl (C=O) groups excluding carboxylic acids is 1. The molecule has 13 heavy (non-hydrogen) atoms. The largest absolute Gasteiger partial charge is 0.422 e. The number of ether oxygens (including phenoxy) is 1. The van der Waals surface area contributed by atoms with E-state index in [2.05, 4.69) is 4.98 Å². The molecule has 0 radical (unpaired) electrons. The molecule has 1 rings (SSSR count).